The lowest BCUT2D eigenvalue weighted by Crippen LogP contribution is -1.95. The van der Waals surface area contributed by atoms with Crippen LogP contribution >= 0.6 is 0 Å². The Morgan fingerprint density at radius 1 is 1.31 bits per heavy atom. The molecular weight excluding hydrogens is 156 g/mol. The fourth-order valence-corrected chi connectivity index (χ4v) is 1.48. The summed E-state index contributed by atoms with van der Waals surface area (Å²) in [6, 6.07) is 8.66. The largest absolute Gasteiger partial charge is 0.120 e. The topological polar surface area (TPSA) is 0 Å². The van der Waals surface area contributed by atoms with E-state index in [-0.39, 0.29) is 0 Å². The molecule has 1 aromatic carbocycles. The molecule has 0 nitrogen and oxygen atoms in total. The molecule has 0 spiro atoms. The molecule has 1 aromatic rings. The summed E-state index contributed by atoms with van der Waals surface area (Å²) in [5, 5.41) is 0. The Bertz CT molecular complexity index is 287. The van der Waals surface area contributed by atoms with Crippen LogP contribution in [0.3, 0.4) is 0 Å². The molecule has 0 saturated carbocycles. The summed E-state index contributed by atoms with van der Waals surface area (Å²) in [5.41, 5.74) is 2.67. The van der Waals surface area contributed by atoms with E-state index in [1.807, 2.05) is 0 Å². The van der Waals surface area contributed by atoms with Crippen LogP contribution < -0.4 is 0 Å². The lowest BCUT2D eigenvalue weighted by Gasteiger charge is -2.11. The molecular formula is C13H16. The molecule has 68 valence electrons. The van der Waals surface area contributed by atoms with Crippen LogP contribution in [0.2, 0.25) is 0 Å². The predicted molar refractivity (Wildman–Crippen MR) is 57.7 cm³/mol. The van der Waals surface area contributed by atoms with Crippen molar-refractivity contribution in [2.24, 2.45) is 0 Å². The Morgan fingerprint density at radius 3 is 2.38 bits per heavy atom. The van der Waals surface area contributed by atoms with Crippen LogP contribution in [0.1, 0.15) is 36.8 Å². The van der Waals surface area contributed by atoms with Crippen molar-refractivity contribution >= 4 is 0 Å². The van der Waals surface area contributed by atoms with Gasteiger partial charge < -0.3 is 0 Å². The van der Waals surface area contributed by atoms with Gasteiger partial charge in [0.15, 0.2) is 0 Å². The number of aryl methyl sites for hydroxylation is 1. The zero-order chi connectivity index (χ0) is 9.68. The predicted octanol–water partition coefficient (Wildman–Crippen LogP) is 3.51. The maximum absolute atomic E-state index is 5.32. The monoisotopic (exact) mass is 172 g/mol. The molecule has 0 aromatic heterocycles. The van der Waals surface area contributed by atoms with Gasteiger partial charge in [0, 0.05) is 6.42 Å². The number of benzene rings is 1. The zero-order valence-corrected chi connectivity index (χ0v) is 8.38. The third-order valence-electron chi connectivity index (χ3n) is 2.41. The van der Waals surface area contributed by atoms with E-state index in [0.29, 0.717) is 5.92 Å². The fourth-order valence-electron chi connectivity index (χ4n) is 1.48. The van der Waals surface area contributed by atoms with Crippen LogP contribution in [-0.4, -0.2) is 0 Å². The maximum Gasteiger partial charge on any atom is 0.0155 e. The van der Waals surface area contributed by atoms with Gasteiger partial charge in [-0.15, -0.1) is 12.3 Å². The van der Waals surface area contributed by atoms with Gasteiger partial charge in [0.25, 0.3) is 0 Å². The van der Waals surface area contributed by atoms with Gasteiger partial charge in [-0.3, -0.25) is 0 Å². The molecule has 1 unspecified atom stereocenters. The Labute approximate surface area is 81.0 Å². The third-order valence-corrected chi connectivity index (χ3v) is 2.41. The Kier molecular flexibility index (Phi) is 3.58. The SMILES string of the molecule is C#CCC(CC)c1ccc(C)cc1. The molecule has 0 N–H and O–H groups in total. The lowest BCUT2D eigenvalue weighted by atomic mass is 9.93. The van der Waals surface area contributed by atoms with Gasteiger partial charge in [-0.2, -0.15) is 0 Å². The van der Waals surface area contributed by atoms with E-state index in [1.165, 1.54) is 11.1 Å². The first-order valence-corrected chi connectivity index (χ1v) is 4.78. The van der Waals surface area contributed by atoms with Crippen molar-refractivity contribution in [1.82, 2.24) is 0 Å². The molecule has 13 heavy (non-hydrogen) atoms. The van der Waals surface area contributed by atoms with Gasteiger partial charge in [0.05, 0.1) is 0 Å². The average molecular weight is 172 g/mol. The van der Waals surface area contributed by atoms with Crippen molar-refractivity contribution in [3.8, 4) is 12.3 Å². The summed E-state index contributed by atoms with van der Waals surface area (Å²) in [6.07, 6.45) is 7.29. The highest BCUT2D eigenvalue weighted by atomic mass is 14.1. The van der Waals surface area contributed by atoms with Gasteiger partial charge in [0.2, 0.25) is 0 Å². The number of terminal acetylenes is 1. The molecule has 0 amide bonds. The van der Waals surface area contributed by atoms with Gasteiger partial charge in [0.1, 0.15) is 0 Å². The van der Waals surface area contributed by atoms with Crippen molar-refractivity contribution in [2.45, 2.75) is 32.6 Å². The molecule has 1 atom stereocenters. The van der Waals surface area contributed by atoms with Crippen molar-refractivity contribution in [3.63, 3.8) is 0 Å². The molecule has 0 aliphatic heterocycles. The van der Waals surface area contributed by atoms with E-state index in [0.717, 1.165) is 12.8 Å². The quantitative estimate of drug-likeness (QED) is 0.612. The van der Waals surface area contributed by atoms with Gasteiger partial charge >= 0.3 is 0 Å². The van der Waals surface area contributed by atoms with Crippen molar-refractivity contribution < 1.29 is 0 Å². The number of hydrogen-bond acceptors (Lipinski definition) is 0. The molecule has 0 heterocycles. The molecule has 0 fully saturated rings. The first kappa shape index (κ1) is 9.86. The third kappa shape index (κ3) is 2.63. The van der Waals surface area contributed by atoms with E-state index >= 15 is 0 Å². The fraction of sp³-hybridized carbons (Fsp3) is 0.385. The summed E-state index contributed by atoms with van der Waals surface area (Å²) in [4.78, 5) is 0. The van der Waals surface area contributed by atoms with Crippen LogP contribution in [-0.2, 0) is 0 Å². The summed E-state index contributed by atoms with van der Waals surface area (Å²) >= 11 is 0. The molecule has 0 aliphatic rings. The Hall–Kier alpha value is -1.22. The van der Waals surface area contributed by atoms with Crippen molar-refractivity contribution in [3.05, 3.63) is 35.4 Å². The minimum absolute atomic E-state index is 0.533. The maximum atomic E-state index is 5.32. The summed E-state index contributed by atoms with van der Waals surface area (Å²) in [5.74, 6) is 3.26. The number of rotatable bonds is 3. The normalized spacial score (nSPS) is 12.1. The minimum Gasteiger partial charge on any atom is -0.120 e. The van der Waals surface area contributed by atoms with Crippen molar-refractivity contribution in [2.75, 3.05) is 0 Å². The van der Waals surface area contributed by atoms with Crippen LogP contribution in [0.15, 0.2) is 24.3 Å². The summed E-state index contributed by atoms with van der Waals surface area (Å²) in [7, 11) is 0. The molecule has 1 rings (SSSR count). The first-order chi connectivity index (χ1) is 6.27. The minimum atomic E-state index is 0.533. The van der Waals surface area contributed by atoms with E-state index < -0.39 is 0 Å². The van der Waals surface area contributed by atoms with Crippen LogP contribution in [0.4, 0.5) is 0 Å². The second kappa shape index (κ2) is 4.72. The number of hydrogen-bond donors (Lipinski definition) is 0. The second-order valence-corrected chi connectivity index (χ2v) is 3.42. The van der Waals surface area contributed by atoms with E-state index in [1.54, 1.807) is 0 Å². The molecule has 0 saturated heterocycles. The van der Waals surface area contributed by atoms with Crippen LogP contribution in [0, 0.1) is 19.3 Å². The second-order valence-electron chi connectivity index (χ2n) is 3.42. The smallest absolute Gasteiger partial charge is 0.0155 e. The highest BCUT2D eigenvalue weighted by Crippen LogP contribution is 2.22. The average Bonchev–Trinajstić information content (AvgIpc) is 2.16. The van der Waals surface area contributed by atoms with Crippen LogP contribution in [0.5, 0.6) is 0 Å². The zero-order valence-electron chi connectivity index (χ0n) is 8.38. The van der Waals surface area contributed by atoms with E-state index in [9.17, 15) is 0 Å². The summed E-state index contributed by atoms with van der Waals surface area (Å²) in [6.45, 7) is 4.29. The van der Waals surface area contributed by atoms with Crippen LogP contribution in [0.25, 0.3) is 0 Å². The summed E-state index contributed by atoms with van der Waals surface area (Å²) < 4.78 is 0. The lowest BCUT2D eigenvalue weighted by molar-refractivity contribution is 0.684. The van der Waals surface area contributed by atoms with Crippen molar-refractivity contribution in [1.29, 1.82) is 0 Å². The molecule has 0 heteroatoms. The first-order valence-electron chi connectivity index (χ1n) is 4.78. The van der Waals surface area contributed by atoms with E-state index in [4.69, 9.17) is 6.42 Å². The molecule has 0 radical (unpaired) electrons. The van der Waals surface area contributed by atoms with Gasteiger partial charge in [-0.05, 0) is 24.8 Å². The highest BCUT2D eigenvalue weighted by molar-refractivity contribution is 5.25. The molecule has 0 bridgehead atoms. The highest BCUT2D eigenvalue weighted by Gasteiger charge is 2.06. The Morgan fingerprint density at radius 2 is 1.92 bits per heavy atom. The van der Waals surface area contributed by atoms with E-state index in [2.05, 4.69) is 44.0 Å². The Balaban J connectivity index is 2.80. The van der Waals surface area contributed by atoms with Gasteiger partial charge in [-0.1, -0.05) is 36.8 Å². The standard InChI is InChI=1S/C13H16/c1-4-6-12(5-2)13-9-7-11(3)8-10-13/h1,7-10,12H,5-6H2,2-3H3. The van der Waals surface area contributed by atoms with Gasteiger partial charge in [-0.25, -0.2) is 0 Å². The molecule has 0 aliphatic carbocycles.